The molecule has 2 atom stereocenters. The second kappa shape index (κ2) is 5.71. The van der Waals surface area contributed by atoms with E-state index in [-0.39, 0.29) is 5.76 Å². The summed E-state index contributed by atoms with van der Waals surface area (Å²) >= 11 is -1.51. The van der Waals surface area contributed by atoms with Crippen molar-refractivity contribution in [3.63, 3.8) is 0 Å². The summed E-state index contributed by atoms with van der Waals surface area (Å²) in [6, 6.07) is 6.15. The fourth-order valence-electron chi connectivity index (χ4n) is 1.84. The maximum absolute atomic E-state index is 12.1. The summed E-state index contributed by atoms with van der Waals surface area (Å²) in [5.41, 5.74) is 1.68. The molecule has 0 aliphatic rings. The third kappa shape index (κ3) is 3.58. The number of hydrogen-bond donors (Lipinski definition) is 2. The van der Waals surface area contributed by atoms with E-state index < -0.39 is 28.1 Å². The fourth-order valence-corrected chi connectivity index (χ4v) is 2.62. The highest BCUT2D eigenvalue weighted by molar-refractivity contribution is 7.90. The smallest absolute Gasteiger partial charge is 0.333 e. The van der Waals surface area contributed by atoms with E-state index >= 15 is 0 Å². The van der Waals surface area contributed by atoms with Crippen LogP contribution in [-0.2, 0) is 16.2 Å². The third-order valence-electron chi connectivity index (χ3n) is 3.00. The molecule has 2 N–H and O–H groups in total. The Kier molecular flexibility index (Phi) is 4.32. The van der Waals surface area contributed by atoms with E-state index in [4.69, 9.17) is 4.42 Å². The maximum atomic E-state index is 12.1. The predicted octanol–water partition coefficient (Wildman–Crippen LogP) is 2.92. The maximum Gasteiger partial charge on any atom is 0.333 e. The van der Waals surface area contributed by atoms with Gasteiger partial charge in [-0.15, -0.1) is 4.72 Å². The van der Waals surface area contributed by atoms with E-state index in [9.17, 15) is 14.5 Å². The molecule has 1 heterocycles. The number of aryl methyl sites for hydroxylation is 1. The zero-order valence-electron chi connectivity index (χ0n) is 12.5. The first-order chi connectivity index (χ1) is 9.68. The molecule has 0 spiro atoms. The number of carboxylic acids is 1. The normalized spacial score (nSPS) is 15.1. The van der Waals surface area contributed by atoms with Crippen LogP contribution in [-0.4, -0.2) is 20.4 Å². The number of carbonyl (C=O) groups is 1. The van der Waals surface area contributed by atoms with E-state index in [1.54, 1.807) is 32.9 Å². The molecule has 0 bridgehead atoms. The van der Waals surface area contributed by atoms with Crippen molar-refractivity contribution in [2.75, 3.05) is 0 Å². The quantitative estimate of drug-likeness (QED) is 0.848. The number of hydrogen-bond acceptors (Lipinski definition) is 4. The van der Waals surface area contributed by atoms with Gasteiger partial charge in [-0.3, -0.25) is 0 Å². The summed E-state index contributed by atoms with van der Waals surface area (Å²) < 4.78 is 19.8. The van der Waals surface area contributed by atoms with Crippen molar-refractivity contribution in [1.29, 1.82) is 0 Å². The first-order valence-electron chi connectivity index (χ1n) is 6.59. The van der Waals surface area contributed by atoms with Crippen LogP contribution in [0.5, 0.6) is 0 Å². The molecule has 114 valence electrons. The standard InChI is InChI=1S/C15H19NO4S/c1-9-5-6-11-10(7-9)8-12(20-11)13(14(17)18)16-21(19)15(2,3)4/h5-8,13,16H,1-4H3,(H,17,18)/t13-,21-/m0/s1. The molecular weight excluding hydrogens is 290 g/mol. The van der Waals surface area contributed by atoms with Gasteiger partial charge < -0.3 is 14.1 Å². The summed E-state index contributed by atoms with van der Waals surface area (Å²) in [6.45, 7) is 7.28. The molecule has 0 aliphatic heterocycles. The molecule has 6 heteroatoms. The summed E-state index contributed by atoms with van der Waals surface area (Å²) in [5.74, 6) is -0.871. The lowest BCUT2D eigenvalue weighted by Crippen LogP contribution is -2.43. The Balaban J connectivity index is 2.34. The van der Waals surface area contributed by atoms with Crippen LogP contribution in [0.1, 0.15) is 38.1 Å². The molecule has 0 amide bonds. The Morgan fingerprint density at radius 2 is 2.05 bits per heavy atom. The number of benzene rings is 1. The topological polar surface area (TPSA) is 85.5 Å². The number of rotatable bonds is 4. The molecule has 2 aromatic rings. The zero-order valence-corrected chi connectivity index (χ0v) is 13.3. The number of carboxylic acid groups (broad SMARTS) is 1. The van der Waals surface area contributed by atoms with Crippen LogP contribution in [0, 0.1) is 6.92 Å². The van der Waals surface area contributed by atoms with E-state index in [2.05, 4.69) is 4.72 Å². The molecular formula is C15H19NO4S. The number of furan rings is 1. The van der Waals surface area contributed by atoms with Crippen LogP contribution in [0.15, 0.2) is 28.7 Å². The van der Waals surface area contributed by atoms with Gasteiger partial charge in [0.25, 0.3) is 0 Å². The third-order valence-corrected chi connectivity index (χ3v) is 4.57. The molecule has 2 rings (SSSR count). The number of nitrogens with one attached hydrogen (secondary N) is 1. The van der Waals surface area contributed by atoms with Gasteiger partial charge in [0.05, 0.1) is 0 Å². The van der Waals surface area contributed by atoms with Crippen molar-refractivity contribution in [2.45, 2.75) is 38.5 Å². The molecule has 1 aromatic heterocycles. The van der Waals surface area contributed by atoms with Gasteiger partial charge in [-0.2, -0.15) is 0 Å². The number of aliphatic carboxylic acids is 1. The molecule has 0 radical (unpaired) electrons. The van der Waals surface area contributed by atoms with Crippen LogP contribution in [0.2, 0.25) is 0 Å². The Morgan fingerprint density at radius 3 is 2.62 bits per heavy atom. The Bertz CT molecular complexity index is 659. The lowest BCUT2D eigenvalue weighted by Gasteiger charge is -2.25. The molecule has 0 saturated carbocycles. The van der Waals surface area contributed by atoms with Crippen molar-refractivity contribution >= 4 is 28.3 Å². The van der Waals surface area contributed by atoms with Gasteiger partial charge in [0, 0.05) is 16.7 Å². The first-order valence-corrected chi connectivity index (χ1v) is 7.74. The van der Waals surface area contributed by atoms with E-state index in [1.807, 2.05) is 19.1 Å². The average molecular weight is 309 g/mol. The van der Waals surface area contributed by atoms with Gasteiger partial charge in [0.2, 0.25) is 6.04 Å². The van der Waals surface area contributed by atoms with E-state index in [0.717, 1.165) is 10.9 Å². The van der Waals surface area contributed by atoms with Crippen LogP contribution in [0.4, 0.5) is 0 Å². The monoisotopic (exact) mass is 309 g/mol. The van der Waals surface area contributed by atoms with E-state index in [0.29, 0.717) is 5.58 Å². The molecule has 0 unspecified atom stereocenters. The molecule has 0 saturated heterocycles. The molecule has 0 aliphatic carbocycles. The lowest BCUT2D eigenvalue weighted by molar-refractivity contribution is -0.139. The van der Waals surface area contributed by atoms with Gasteiger partial charge in [-0.25, -0.2) is 4.79 Å². The Morgan fingerprint density at radius 1 is 1.38 bits per heavy atom. The van der Waals surface area contributed by atoms with Gasteiger partial charge >= 0.3 is 5.97 Å². The fraction of sp³-hybridized carbons (Fsp3) is 0.400. The molecule has 5 nitrogen and oxygen atoms in total. The summed E-state index contributed by atoms with van der Waals surface area (Å²) in [7, 11) is 0. The first kappa shape index (κ1) is 15.9. The summed E-state index contributed by atoms with van der Waals surface area (Å²) in [4.78, 5) is 11.4. The second-order valence-corrected chi connectivity index (χ2v) is 7.96. The van der Waals surface area contributed by atoms with Crippen LogP contribution >= 0.6 is 0 Å². The Labute approximate surface area is 126 Å². The van der Waals surface area contributed by atoms with Crippen molar-refractivity contribution in [3.8, 4) is 0 Å². The minimum atomic E-state index is -1.51. The molecule has 0 fully saturated rings. The zero-order chi connectivity index (χ0) is 15.8. The Hall–Kier alpha value is -1.50. The van der Waals surface area contributed by atoms with Crippen LogP contribution in [0.3, 0.4) is 0 Å². The highest BCUT2D eigenvalue weighted by Gasteiger charge is 2.34. The van der Waals surface area contributed by atoms with Gasteiger partial charge in [-0.05, 0) is 45.9 Å². The van der Waals surface area contributed by atoms with Crippen molar-refractivity contribution in [2.24, 2.45) is 0 Å². The van der Waals surface area contributed by atoms with Crippen LogP contribution < -0.4 is 4.72 Å². The highest BCUT2D eigenvalue weighted by Crippen LogP contribution is 2.27. The minimum Gasteiger partial charge on any atom is -0.598 e. The molecule has 21 heavy (non-hydrogen) atoms. The van der Waals surface area contributed by atoms with Gasteiger partial charge in [0.1, 0.15) is 16.1 Å². The van der Waals surface area contributed by atoms with Crippen molar-refractivity contribution < 1.29 is 18.9 Å². The largest absolute Gasteiger partial charge is 0.598 e. The molecule has 1 aromatic carbocycles. The highest BCUT2D eigenvalue weighted by atomic mass is 32.2. The van der Waals surface area contributed by atoms with Gasteiger partial charge in [0.15, 0.2) is 0 Å². The lowest BCUT2D eigenvalue weighted by atomic mass is 10.1. The average Bonchev–Trinajstić information content (AvgIpc) is 2.76. The van der Waals surface area contributed by atoms with Crippen molar-refractivity contribution in [1.82, 2.24) is 4.72 Å². The van der Waals surface area contributed by atoms with E-state index in [1.165, 1.54) is 0 Å². The summed E-state index contributed by atoms with van der Waals surface area (Å²) in [6.07, 6.45) is 0. The minimum absolute atomic E-state index is 0.251. The predicted molar refractivity (Wildman–Crippen MR) is 82.4 cm³/mol. The SMILES string of the molecule is Cc1ccc2oc([C@H](N[S@@+]([O-])C(C)(C)C)C(=O)O)cc2c1. The van der Waals surface area contributed by atoms with Crippen molar-refractivity contribution in [3.05, 3.63) is 35.6 Å². The summed E-state index contributed by atoms with van der Waals surface area (Å²) in [5, 5.41) is 10.2. The number of fused-ring (bicyclic) bond motifs is 1. The van der Waals surface area contributed by atoms with Crippen LogP contribution in [0.25, 0.3) is 11.0 Å². The second-order valence-electron chi connectivity index (χ2n) is 5.96. The van der Waals surface area contributed by atoms with Gasteiger partial charge in [-0.1, -0.05) is 11.6 Å².